The van der Waals surface area contributed by atoms with E-state index in [4.69, 9.17) is 10.2 Å². The van der Waals surface area contributed by atoms with E-state index in [1.54, 1.807) is 0 Å². The average molecular weight is 272 g/mol. The molecule has 1 aliphatic rings. The summed E-state index contributed by atoms with van der Waals surface area (Å²) >= 11 is 0. The van der Waals surface area contributed by atoms with Gasteiger partial charge in [-0.2, -0.15) is 0 Å². The Kier molecular flexibility index (Phi) is 5.29. The van der Waals surface area contributed by atoms with E-state index >= 15 is 0 Å². The van der Waals surface area contributed by atoms with Gasteiger partial charge in [0.25, 0.3) is 0 Å². The molecule has 0 aromatic rings. The van der Waals surface area contributed by atoms with Gasteiger partial charge in [-0.1, -0.05) is 6.92 Å². The van der Waals surface area contributed by atoms with Crippen molar-refractivity contribution < 1.29 is 24.6 Å². The summed E-state index contributed by atoms with van der Waals surface area (Å²) in [4.78, 5) is 33.7. The number of carboxylic acids is 2. The number of aliphatic carboxylic acids is 2. The van der Waals surface area contributed by atoms with Crippen LogP contribution in [0.1, 0.15) is 32.6 Å². The fraction of sp³-hybridized carbons (Fsp3) is 0.750. The molecule has 0 spiro atoms. The van der Waals surface area contributed by atoms with Crippen LogP contribution in [0.25, 0.3) is 0 Å². The Labute approximate surface area is 111 Å². The van der Waals surface area contributed by atoms with Gasteiger partial charge in [-0.25, -0.2) is 4.79 Å². The summed E-state index contributed by atoms with van der Waals surface area (Å²) in [7, 11) is 0. The average Bonchev–Trinajstić information content (AvgIpc) is 2.83. The summed E-state index contributed by atoms with van der Waals surface area (Å²) in [6.07, 6.45) is 0.899. The molecule has 0 saturated carbocycles. The second kappa shape index (κ2) is 6.51. The summed E-state index contributed by atoms with van der Waals surface area (Å²) in [6.45, 7) is 3.15. The van der Waals surface area contributed by atoms with Crippen LogP contribution in [0, 0.1) is 5.41 Å². The van der Waals surface area contributed by atoms with Crippen molar-refractivity contribution in [3.8, 4) is 0 Å². The van der Waals surface area contributed by atoms with Crippen molar-refractivity contribution in [2.45, 2.75) is 38.6 Å². The van der Waals surface area contributed by atoms with Crippen molar-refractivity contribution in [1.82, 2.24) is 10.6 Å². The number of amides is 1. The first-order chi connectivity index (χ1) is 8.91. The molecule has 7 heteroatoms. The van der Waals surface area contributed by atoms with Gasteiger partial charge >= 0.3 is 11.9 Å². The number of hydrogen-bond donors (Lipinski definition) is 4. The van der Waals surface area contributed by atoms with Crippen LogP contribution in [0.2, 0.25) is 0 Å². The zero-order valence-corrected chi connectivity index (χ0v) is 10.9. The van der Waals surface area contributed by atoms with Gasteiger partial charge < -0.3 is 20.8 Å². The molecule has 2 unspecified atom stereocenters. The Morgan fingerprint density at radius 3 is 2.47 bits per heavy atom. The van der Waals surface area contributed by atoms with E-state index < -0.39 is 23.4 Å². The molecule has 4 N–H and O–H groups in total. The van der Waals surface area contributed by atoms with E-state index in [1.165, 1.54) is 0 Å². The molecule has 0 bridgehead atoms. The van der Waals surface area contributed by atoms with E-state index in [9.17, 15) is 14.4 Å². The number of nitrogens with one attached hydrogen (secondary N) is 2. The third kappa shape index (κ3) is 3.92. The predicted octanol–water partition coefficient (Wildman–Crippen LogP) is -0.190. The molecule has 19 heavy (non-hydrogen) atoms. The molecule has 1 rings (SSSR count). The normalized spacial score (nSPS) is 23.8. The molecule has 0 radical (unpaired) electrons. The second-order valence-corrected chi connectivity index (χ2v) is 4.86. The van der Waals surface area contributed by atoms with Crippen molar-refractivity contribution in [3.63, 3.8) is 0 Å². The third-order valence-corrected chi connectivity index (χ3v) is 3.65. The maximum absolute atomic E-state index is 12.2. The van der Waals surface area contributed by atoms with Crippen molar-refractivity contribution in [1.29, 1.82) is 0 Å². The predicted molar refractivity (Wildman–Crippen MR) is 66.6 cm³/mol. The van der Waals surface area contributed by atoms with Crippen LogP contribution in [-0.2, 0) is 14.4 Å². The highest BCUT2D eigenvalue weighted by atomic mass is 16.4. The molecule has 1 fully saturated rings. The van der Waals surface area contributed by atoms with E-state index in [-0.39, 0.29) is 18.7 Å². The summed E-state index contributed by atoms with van der Waals surface area (Å²) in [5.41, 5.74) is -0.572. The summed E-state index contributed by atoms with van der Waals surface area (Å²) in [5, 5.41) is 23.1. The highest BCUT2D eigenvalue weighted by molar-refractivity contribution is 5.88. The number of carbonyl (C=O) groups is 3. The zero-order chi connectivity index (χ0) is 14.5. The van der Waals surface area contributed by atoms with Gasteiger partial charge in [0, 0.05) is 13.0 Å². The summed E-state index contributed by atoms with van der Waals surface area (Å²) < 4.78 is 0. The molecule has 0 aromatic carbocycles. The maximum atomic E-state index is 12.2. The molecule has 1 heterocycles. The molecular formula is C12H20N2O5. The molecule has 2 atom stereocenters. The molecular weight excluding hydrogens is 252 g/mol. The van der Waals surface area contributed by atoms with Gasteiger partial charge in [0.2, 0.25) is 5.91 Å². The lowest BCUT2D eigenvalue weighted by Gasteiger charge is -2.27. The van der Waals surface area contributed by atoms with Crippen LogP contribution in [-0.4, -0.2) is 47.2 Å². The molecule has 7 nitrogen and oxygen atoms in total. The van der Waals surface area contributed by atoms with Crippen LogP contribution in [0.5, 0.6) is 0 Å². The third-order valence-electron chi connectivity index (χ3n) is 3.65. The number of carbonyl (C=O) groups excluding carboxylic acids is 1. The quantitative estimate of drug-likeness (QED) is 0.510. The molecule has 0 aromatic heterocycles. The first-order valence-corrected chi connectivity index (χ1v) is 6.37. The van der Waals surface area contributed by atoms with Gasteiger partial charge in [-0.05, 0) is 25.8 Å². The first kappa shape index (κ1) is 15.4. The smallest absolute Gasteiger partial charge is 0.326 e. The van der Waals surface area contributed by atoms with Gasteiger partial charge in [0.15, 0.2) is 0 Å². The van der Waals surface area contributed by atoms with Crippen LogP contribution in [0.15, 0.2) is 0 Å². The van der Waals surface area contributed by atoms with Gasteiger partial charge in [-0.3, -0.25) is 9.59 Å². The van der Waals surface area contributed by atoms with E-state index in [2.05, 4.69) is 10.6 Å². The Morgan fingerprint density at radius 2 is 2.05 bits per heavy atom. The van der Waals surface area contributed by atoms with E-state index in [0.29, 0.717) is 19.4 Å². The number of carboxylic acid groups (broad SMARTS) is 2. The lowest BCUT2D eigenvalue weighted by atomic mass is 9.83. The number of hydrogen-bond acceptors (Lipinski definition) is 4. The van der Waals surface area contributed by atoms with E-state index in [0.717, 1.165) is 6.54 Å². The Hall–Kier alpha value is -1.63. The minimum atomic E-state index is -1.20. The summed E-state index contributed by atoms with van der Waals surface area (Å²) in [5.74, 6) is -2.59. The van der Waals surface area contributed by atoms with Crippen molar-refractivity contribution in [3.05, 3.63) is 0 Å². The highest BCUT2D eigenvalue weighted by Crippen LogP contribution is 2.29. The van der Waals surface area contributed by atoms with Gasteiger partial charge in [0.1, 0.15) is 6.04 Å². The lowest BCUT2D eigenvalue weighted by molar-refractivity contribution is -0.144. The van der Waals surface area contributed by atoms with Crippen LogP contribution in [0.3, 0.4) is 0 Å². The largest absolute Gasteiger partial charge is 0.481 e. The van der Waals surface area contributed by atoms with Crippen molar-refractivity contribution in [2.75, 3.05) is 13.1 Å². The Morgan fingerprint density at radius 1 is 1.37 bits per heavy atom. The fourth-order valence-corrected chi connectivity index (χ4v) is 2.24. The van der Waals surface area contributed by atoms with Crippen LogP contribution in [0.4, 0.5) is 0 Å². The monoisotopic (exact) mass is 272 g/mol. The minimum Gasteiger partial charge on any atom is -0.481 e. The summed E-state index contributed by atoms with van der Waals surface area (Å²) in [6, 6.07) is -1.15. The molecule has 1 amide bonds. The first-order valence-electron chi connectivity index (χ1n) is 6.37. The fourth-order valence-electron chi connectivity index (χ4n) is 2.24. The van der Waals surface area contributed by atoms with Crippen molar-refractivity contribution >= 4 is 17.8 Å². The Bertz CT molecular complexity index is 363. The topological polar surface area (TPSA) is 116 Å². The molecule has 1 saturated heterocycles. The SMILES string of the molecule is CCC1(C(=O)NC(CCC(=O)O)C(=O)O)CCNC1. The second-order valence-electron chi connectivity index (χ2n) is 4.86. The van der Waals surface area contributed by atoms with Gasteiger partial charge in [-0.15, -0.1) is 0 Å². The van der Waals surface area contributed by atoms with Crippen LogP contribution < -0.4 is 10.6 Å². The minimum absolute atomic E-state index is 0.108. The number of rotatable bonds is 7. The standard InChI is InChI=1S/C12H20N2O5/c1-2-12(5-6-13-7-12)11(19)14-8(10(17)18)3-4-9(15)16/h8,13H,2-7H2,1H3,(H,14,19)(H,15,16)(H,17,18). The molecule has 1 aliphatic heterocycles. The van der Waals surface area contributed by atoms with Gasteiger partial charge in [0.05, 0.1) is 5.41 Å². The lowest BCUT2D eigenvalue weighted by Crippen LogP contribution is -2.49. The Balaban J connectivity index is 2.65. The molecule has 0 aliphatic carbocycles. The zero-order valence-electron chi connectivity index (χ0n) is 10.9. The maximum Gasteiger partial charge on any atom is 0.326 e. The van der Waals surface area contributed by atoms with Crippen LogP contribution >= 0.6 is 0 Å². The molecule has 108 valence electrons. The highest BCUT2D eigenvalue weighted by Gasteiger charge is 2.40. The van der Waals surface area contributed by atoms with Crippen molar-refractivity contribution in [2.24, 2.45) is 5.41 Å². The van der Waals surface area contributed by atoms with E-state index in [1.807, 2.05) is 6.92 Å².